The molecule has 1 aromatic rings. The van der Waals surface area contributed by atoms with Gasteiger partial charge < -0.3 is 10.2 Å². The van der Waals surface area contributed by atoms with Crippen molar-refractivity contribution >= 4 is 34.7 Å². The van der Waals surface area contributed by atoms with Gasteiger partial charge in [0.15, 0.2) is 0 Å². The van der Waals surface area contributed by atoms with Crippen LogP contribution in [0.1, 0.15) is 37.0 Å². The van der Waals surface area contributed by atoms with Gasteiger partial charge in [-0.2, -0.15) is 0 Å². The molecule has 1 saturated heterocycles. The van der Waals surface area contributed by atoms with Crippen molar-refractivity contribution in [3.63, 3.8) is 0 Å². The van der Waals surface area contributed by atoms with Crippen molar-refractivity contribution in [2.75, 3.05) is 16.8 Å². The van der Waals surface area contributed by atoms with Crippen LogP contribution >= 0.6 is 11.6 Å². The monoisotopic (exact) mass is 292 g/mol. The Hall–Kier alpha value is -1.55. The van der Waals surface area contributed by atoms with Crippen LogP contribution in [0, 0.1) is 5.92 Å². The Morgan fingerprint density at radius 3 is 2.80 bits per heavy atom. The maximum Gasteiger partial charge on any atom is 0.296 e. The van der Waals surface area contributed by atoms with Crippen molar-refractivity contribution in [3.8, 4) is 0 Å². The number of amides is 1. The highest BCUT2D eigenvalue weighted by Crippen LogP contribution is 2.38. The van der Waals surface area contributed by atoms with Crippen LogP contribution in [0.2, 0.25) is 5.02 Å². The summed E-state index contributed by atoms with van der Waals surface area (Å²) in [7, 11) is 0. The van der Waals surface area contributed by atoms with Crippen molar-refractivity contribution in [1.82, 2.24) is 0 Å². The summed E-state index contributed by atoms with van der Waals surface area (Å²) in [6, 6.07) is 3.83. The molecular weight excluding hydrogens is 276 g/mol. The van der Waals surface area contributed by atoms with Crippen molar-refractivity contribution < 1.29 is 9.59 Å². The lowest BCUT2D eigenvalue weighted by Crippen LogP contribution is -2.42. The summed E-state index contributed by atoms with van der Waals surface area (Å²) in [6.07, 6.45) is 2.35. The number of nitrogens with one attached hydrogen (secondary N) is 1. The quantitative estimate of drug-likeness (QED) is 0.809. The molecule has 1 fully saturated rings. The molecule has 2 atom stereocenters. The number of benzene rings is 1. The van der Waals surface area contributed by atoms with E-state index < -0.39 is 11.7 Å². The zero-order chi connectivity index (χ0) is 14.4. The van der Waals surface area contributed by atoms with E-state index in [9.17, 15) is 9.59 Å². The lowest BCUT2D eigenvalue weighted by molar-refractivity contribution is -0.112. The van der Waals surface area contributed by atoms with Crippen molar-refractivity contribution in [3.05, 3.63) is 22.7 Å². The highest BCUT2D eigenvalue weighted by atomic mass is 35.5. The van der Waals surface area contributed by atoms with Gasteiger partial charge in [-0.1, -0.05) is 18.5 Å². The first-order valence-electron chi connectivity index (χ1n) is 6.95. The first-order chi connectivity index (χ1) is 9.49. The number of ketones is 1. The highest BCUT2D eigenvalue weighted by molar-refractivity contribution is 6.52. The molecule has 0 aromatic heterocycles. The van der Waals surface area contributed by atoms with Gasteiger partial charge in [-0.05, 0) is 37.8 Å². The minimum absolute atomic E-state index is 0.376. The second kappa shape index (κ2) is 4.77. The number of nitrogens with zero attached hydrogens (tertiary/aromatic N) is 1. The highest BCUT2D eigenvalue weighted by Gasteiger charge is 2.32. The van der Waals surface area contributed by atoms with Crippen LogP contribution < -0.4 is 10.2 Å². The van der Waals surface area contributed by atoms with Gasteiger partial charge in [0.25, 0.3) is 11.7 Å². The maximum atomic E-state index is 11.7. The maximum absolute atomic E-state index is 11.7. The lowest BCUT2D eigenvalue weighted by Gasteiger charge is -2.40. The molecule has 0 aliphatic carbocycles. The zero-order valence-electron chi connectivity index (χ0n) is 11.6. The van der Waals surface area contributed by atoms with E-state index in [1.807, 2.05) is 6.07 Å². The third-order valence-electron chi connectivity index (χ3n) is 4.47. The van der Waals surface area contributed by atoms with Crippen LogP contribution in [-0.4, -0.2) is 24.3 Å². The van der Waals surface area contributed by atoms with Gasteiger partial charge in [0.05, 0.1) is 22.0 Å². The van der Waals surface area contributed by atoms with Gasteiger partial charge in [-0.15, -0.1) is 0 Å². The number of carbonyl (C=O) groups excluding carboxylic acids is 2. The van der Waals surface area contributed by atoms with E-state index in [0.717, 1.165) is 18.7 Å². The normalized spacial score (nSPS) is 25.6. The van der Waals surface area contributed by atoms with E-state index in [0.29, 0.717) is 28.2 Å². The summed E-state index contributed by atoms with van der Waals surface area (Å²) < 4.78 is 0. The first-order valence-corrected chi connectivity index (χ1v) is 7.32. The molecule has 4 nitrogen and oxygen atoms in total. The number of piperidine rings is 1. The number of rotatable bonds is 1. The van der Waals surface area contributed by atoms with Crippen molar-refractivity contribution in [2.45, 2.75) is 32.7 Å². The molecule has 1 N–H and O–H groups in total. The second-order valence-electron chi connectivity index (χ2n) is 5.69. The predicted molar refractivity (Wildman–Crippen MR) is 79.6 cm³/mol. The van der Waals surface area contributed by atoms with E-state index in [1.54, 1.807) is 6.07 Å². The number of hydrogen-bond acceptors (Lipinski definition) is 3. The van der Waals surface area contributed by atoms with Gasteiger partial charge in [0.2, 0.25) is 0 Å². The fraction of sp³-hybridized carbons (Fsp3) is 0.467. The van der Waals surface area contributed by atoms with Crippen molar-refractivity contribution in [1.29, 1.82) is 0 Å². The third kappa shape index (κ3) is 1.99. The summed E-state index contributed by atoms with van der Waals surface area (Å²) in [5.74, 6) is -0.480. The summed E-state index contributed by atoms with van der Waals surface area (Å²) in [5.41, 5.74) is 1.85. The SMILES string of the molecule is CC1CCCN(c2cc3c(cc2Cl)C(=O)C(=O)N3)C1C. The molecule has 2 aliphatic heterocycles. The Kier molecular flexibility index (Phi) is 3.21. The lowest BCUT2D eigenvalue weighted by atomic mass is 9.91. The molecule has 2 aliphatic rings. The molecule has 1 amide bonds. The Bertz CT molecular complexity index is 600. The molecule has 0 bridgehead atoms. The van der Waals surface area contributed by atoms with E-state index in [4.69, 9.17) is 11.6 Å². The molecule has 20 heavy (non-hydrogen) atoms. The minimum Gasteiger partial charge on any atom is -0.367 e. The third-order valence-corrected chi connectivity index (χ3v) is 4.77. The smallest absolute Gasteiger partial charge is 0.296 e. The predicted octanol–water partition coefficient (Wildman–Crippen LogP) is 3.10. The van der Waals surface area contributed by atoms with Crippen LogP contribution in [0.25, 0.3) is 0 Å². The van der Waals surface area contributed by atoms with Gasteiger partial charge in [0.1, 0.15) is 0 Å². The fourth-order valence-electron chi connectivity index (χ4n) is 3.05. The van der Waals surface area contributed by atoms with Gasteiger partial charge >= 0.3 is 0 Å². The molecule has 106 valence electrons. The van der Waals surface area contributed by atoms with Gasteiger partial charge in [-0.25, -0.2) is 0 Å². The fourth-order valence-corrected chi connectivity index (χ4v) is 3.32. The van der Waals surface area contributed by atoms with E-state index in [1.165, 1.54) is 6.42 Å². The molecule has 1 aromatic carbocycles. The number of Topliss-reactive ketones (excluding diaryl/α,β-unsaturated/α-hetero) is 1. The van der Waals surface area contributed by atoms with Crippen LogP contribution in [-0.2, 0) is 4.79 Å². The summed E-state index contributed by atoms with van der Waals surface area (Å²) in [4.78, 5) is 25.4. The standard InChI is InChI=1S/C15H17ClN2O2/c1-8-4-3-5-18(9(8)2)13-7-12-10(6-11(13)16)14(19)15(20)17-12/h6-9H,3-5H2,1-2H3,(H,17,19,20). The van der Waals surface area contributed by atoms with Crippen molar-refractivity contribution in [2.24, 2.45) is 5.92 Å². The number of hydrogen-bond donors (Lipinski definition) is 1. The Balaban J connectivity index is 2.01. The average molecular weight is 293 g/mol. The van der Waals surface area contributed by atoms with Gasteiger partial charge in [0, 0.05) is 12.6 Å². The van der Waals surface area contributed by atoms with E-state index in [2.05, 4.69) is 24.1 Å². The molecule has 2 heterocycles. The van der Waals surface area contributed by atoms with Gasteiger partial charge in [-0.3, -0.25) is 9.59 Å². The summed E-state index contributed by atoms with van der Waals surface area (Å²) in [6.45, 7) is 5.38. The first kappa shape index (κ1) is 13.4. The van der Waals surface area contributed by atoms with Crippen LogP contribution in [0.4, 0.5) is 11.4 Å². The molecule has 0 saturated carbocycles. The Labute approximate surface area is 123 Å². The average Bonchev–Trinajstić information content (AvgIpc) is 2.68. The minimum atomic E-state index is -0.576. The van der Waals surface area contributed by atoms with Crippen LogP contribution in [0.5, 0.6) is 0 Å². The largest absolute Gasteiger partial charge is 0.367 e. The zero-order valence-corrected chi connectivity index (χ0v) is 12.3. The van der Waals surface area contributed by atoms with Crippen LogP contribution in [0.3, 0.4) is 0 Å². The summed E-state index contributed by atoms with van der Waals surface area (Å²) in [5, 5.41) is 3.14. The van der Waals surface area contributed by atoms with Crippen LogP contribution in [0.15, 0.2) is 12.1 Å². The second-order valence-corrected chi connectivity index (χ2v) is 6.09. The van der Waals surface area contributed by atoms with E-state index in [-0.39, 0.29) is 0 Å². The number of anilines is 2. The molecule has 0 spiro atoms. The molecule has 0 radical (unpaired) electrons. The molecule has 2 unspecified atom stereocenters. The number of carbonyl (C=O) groups is 2. The molecular formula is C15H17ClN2O2. The van der Waals surface area contributed by atoms with E-state index >= 15 is 0 Å². The molecule has 5 heteroatoms. The Morgan fingerprint density at radius 2 is 2.05 bits per heavy atom. The Morgan fingerprint density at radius 1 is 1.30 bits per heavy atom. The number of halogens is 1. The number of fused-ring (bicyclic) bond motifs is 1. The molecule has 3 rings (SSSR count). The topological polar surface area (TPSA) is 49.4 Å². The summed E-state index contributed by atoms with van der Waals surface area (Å²) >= 11 is 6.33.